The number of benzene rings is 2. The molecule has 144 valence electrons. The fourth-order valence-corrected chi connectivity index (χ4v) is 3.01. The van der Waals surface area contributed by atoms with Gasteiger partial charge in [0, 0.05) is 23.5 Å². The molecule has 2 aromatic carbocycles. The summed E-state index contributed by atoms with van der Waals surface area (Å²) in [5, 5.41) is 8.89. The van der Waals surface area contributed by atoms with E-state index in [4.69, 9.17) is 5.10 Å². The first-order valence-electron chi connectivity index (χ1n) is 9.46. The molecule has 0 spiro atoms. The lowest BCUT2D eigenvalue weighted by Crippen LogP contribution is -2.17. The van der Waals surface area contributed by atoms with E-state index in [1.165, 1.54) is 5.56 Å². The number of carbonyl (C=O) groups excluding carboxylic acids is 1. The minimum Gasteiger partial charge on any atom is -0.357 e. The zero-order valence-electron chi connectivity index (χ0n) is 16.0. The monoisotopic (exact) mass is 383 g/mol. The van der Waals surface area contributed by atoms with E-state index in [0.717, 1.165) is 28.9 Å². The van der Waals surface area contributed by atoms with Gasteiger partial charge in [-0.2, -0.15) is 10.2 Å². The number of nitrogens with zero attached hydrogens (tertiary/aromatic N) is 3. The molecule has 0 bridgehead atoms. The van der Waals surface area contributed by atoms with Crippen molar-refractivity contribution >= 4 is 12.1 Å². The van der Waals surface area contributed by atoms with Crippen molar-refractivity contribution in [2.75, 3.05) is 0 Å². The van der Waals surface area contributed by atoms with Crippen molar-refractivity contribution in [1.82, 2.24) is 20.2 Å². The van der Waals surface area contributed by atoms with Gasteiger partial charge >= 0.3 is 0 Å². The molecule has 0 aliphatic heterocycles. The number of aromatic nitrogens is 3. The maximum atomic E-state index is 12.1. The smallest absolute Gasteiger partial charge is 0.287 e. The largest absolute Gasteiger partial charge is 0.357 e. The van der Waals surface area contributed by atoms with Gasteiger partial charge in [0.25, 0.3) is 5.91 Å². The number of aryl methyl sites for hydroxylation is 1. The molecule has 0 saturated carbocycles. The van der Waals surface area contributed by atoms with Gasteiger partial charge in [-0.3, -0.25) is 4.79 Å². The molecule has 0 radical (unpaired) electrons. The van der Waals surface area contributed by atoms with Gasteiger partial charge in [0.15, 0.2) is 0 Å². The summed E-state index contributed by atoms with van der Waals surface area (Å²) in [5.74, 6) is -0.296. The van der Waals surface area contributed by atoms with Gasteiger partial charge in [-0.25, -0.2) is 10.1 Å². The minimum absolute atomic E-state index is 0.296. The van der Waals surface area contributed by atoms with Crippen molar-refractivity contribution < 1.29 is 4.79 Å². The Morgan fingerprint density at radius 3 is 2.59 bits per heavy atom. The molecule has 4 rings (SSSR count). The highest BCUT2D eigenvalue weighted by Gasteiger charge is 2.11. The van der Waals surface area contributed by atoms with Crippen molar-refractivity contribution in [2.45, 2.75) is 13.3 Å². The summed E-state index contributed by atoms with van der Waals surface area (Å²) in [6.07, 6.45) is 6.21. The van der Waals surface area contributed by atoms with Crippen LogP contribution in [0.25, 0.3) is 16.9 Å². The van der Waals surface area contributed by atoms with E-state index in [2.05, 4.69) is 46.7 Å². The van der Waals surface area contributed by atoms with Gasteiger partial charge in [-0.15, -0.1) is 0 Å². The summed E-state index contributed by atoms with van der Waals surface area (Å²) < 4.78 is 1.82. The first-order chi connectivity index (χ1) is 14.2. The average molecular weight is 383 g/mol. The molecule has 0 atom stereocenters. The Morgan fingerprint density at radius 1 is 1.10 bits per heavy atom. The van der Waals surface area contributed by atoms with Crippen LogP contribution in [0.1, 0.15) is 28.5 Å². The van der Waals surface area contributed by atoms with E-state index in [1.807, 2.05) is 41.2 Å². The van der Waals surface area contributed by atoms with E-state index in [1.54, 1.807) is 24.5 Å². The van der Waals surface area contributed by atoms with Crippen molar-refractivity contribution in [1.29, 1.82) is 0 Å². The molecule has 6 nitrogen and oxygen atoms in total. The number of hydrogen-bond acceptors (Lipinski definition) is 3. The molecular formula is C23H21N5O. The SMILES string of the molecule is CCc1ccc(-c2nn(-c3ccccc3)cc2/C=N\NC(=O)c2ccc[nH]2)cc1. The van der Waals surface area contributed by atoms with Crippen LogP contribution in [-0.4, -0.2) is 26.9 Å². The standard InChI is InChI=1S/C23H21N5O/c1-2-17-10-12-18(13-11-17)22-19(15-25-26-23(29)21-9-6-14-24-21)16-28(27-22)20-7-4-3-5-8-20/h3-16,24H,2H2,1H3,(H,26,29)/b25-15-. The highest BCUT2D eigenvalue weighted by atomic mass is 16.2. The van der Waals surface area contributed by atoms with Gasteiger partial charge < -0.3 is 4.98 Å². The topological polar surface area (TPSA) is 75.1 Å². The molecule has 0 fully saturated rings. The summed E-state index contributed by atoms with van der Waals surface area (Å²) in [7, 11) is 0. The van der Waals surface area contributed by atoms with Gasteiger partial charge in [-0.1, -0.05) is 49.4 Å². The van der Waals surface area contributed by atoms with Crippen LogP contribution in [0.5, 0.6) is 0 Å². The number of rotatable bonds is 6. The molecule has 0 aliphatic carbocycles. The highest BCUT2D eigenvalue weighted by Crippen LogP contribution is 2.23. The fourth-order valence-electron chi connectivity index (χ4n) is 3.01. The first kappa shape index (κ1) is 18.4. The Morgan fingerprint density at radius 2 is 1.90 bits per heavy atom. The molecule has 0 unspecified atom stereocenters. The van der Waals surface area contributed by atoms with Crippen LogP contribution in [-0.2, 0) is 6.42 Å². The number of hydrazone groups is 1. The Kier molecular flexibility index (Phi) is 5.33. The van der Waals surface area contributed by atoms with Crippen molar-refractivity contribution in [3.05, 3.63) is 95.9 Å². The number of amides is 1. The number of carbonyl (C=O) groups is 1. The van der Waals surface area contributed by atoms with Crippen molar-refractivity contribution in [3.63, 3.8) is 0 Å². The van der Waals surface area contributed by atoms with Crippen LogP contribution < -0.4 is 5.43 Å². The molecule has 1 amide bonds. The molecule has 2 aromatic heterocycles. The summed E-state index contributed by atoms with van der Waals surface area (Å²) >= 11 is 0. The fraction of sp³-hybridized carbons (Fsp3) is 0.0870. The number of aromatic amines is 1. The molecular weight excluding hydrogens is 362 g/mol. The number of para-hydroxylation sites is 1. The summed E-state index contributed by atoms with van der Waals surface area (Å²) in [4.78, 5) is 14.9. The van der Waals surface area contributed by atoms with Crippen LogP contribution in [0.4, 0.5) is 0 Å². The third-order valence-corrected chi connectivity index (χ3v) is 4.61. The summed E-state index contributed by atoms with van der Waals surface area (Å²) in [6, 6.07) is 21.7. The van der Waals surface area contributed by atoms with E-state index in [-0.39, 0.29) is 5.91 Å². The third-order valence-electron chi connectivity index (χ3n) is 4.61. The predicted octanol–water partition coefficient (Wildman–Crippen LogP) is 4.19. The quantitative estimate of drug-likeness (QED) is 0.387. The third kappa shape index (κ3) is 4.16. The molecule has 4 aromatic rings. The molecule has 2 N–H and O–H groups in total. The minimum atomic E-state index is -0.296. The van der Waals surface area contributed by atoms with Gasteiger partial charge in [0.05, 0.1) is 11.9 Å². The molecule has 0 saturated heterocycles. The van der Waals surface area contributed by atoms with E-state index in [9.17, 15) is 4.79 Å². The van der Waals surface area contributed by atoms with Crippen molar-refractivity contribution in [2.24, 2.45) is 5.10 Å². The zero-order chi connectivity index (χ0) is 20.1. The van der Waals surface area contributed by atoms with Crippen molar-refractivity contribution in [3.8, 4) is 16.9 Å². The Hall–Kier alpha value is -3.93. The van der Waals surface area contributed by atoms with Crippen LogP contribution in [0.15, 0.2) is 84.2 Å². The van der Waals surface area contributed by atoms with Gasteiger partial charge in [0.2, 0.25) is 0 Å². The van der Waals surface area contributed by atoms with Gasteiger partial charge in [0.1, 0.15) is 11.4 Å². The number of H-pyrrole nitrogens is 1. The Bertz CT molecular complexity index is 1110. The normalized spacial score (nSPS) is 11.1. The maximum Gasteiger partial charge on any atom is 0.287 e. The summed E-state index contributed by atoms with van der Waals surface area (Å²) in [5.41, 5.74) is 7.82. The molecule has 0 aliphatic rings. The molecule has 6 heteroatoms. The number of hydrogen-bond donors (Lipinski definition) is 2. The maximum absolute atomic E-state index is 12.1. The second-order valence-electron chi connectivity index (χ2n) is 6.55. The lowest BCUT2D eigenvalue weighted by Gasteiger charge is -2.02. The average Bonchev–Trinajstić information content (AvgIpc) is 3.45. The van der Waals surface area contributed by atoms with Crippen LogP contribution in [0, 0.1) is 0 Å². The Labute approximate surface area is 168 Å². The van der Waals surface area contributed by atoms with E-state index >= 15 is 0 Å². The number of nitrogens with one attached hydrogen (secondary N) is 2. The highest BCUT2D eigenvalue weighted by molar-refractivity contribution is 5.94. The van der Waals surface area contributed by atoms with E-state index in [0.29, 0.717) is 5.69 Å². The van der Waals surface area contributed by atoms with Crippen LogP contribution in [0.2, 0.25) is 0 Å². The second-order valence-corrected chi connectivity index (χ2v) is 6.55. The first-order valence-corrected chi connectivity index (χ1v) is 9.46. The van der Waals surface area contributed by atoms with E-state index < -0.39 is 0 Å². The second kappa shape index (κ2) is 8.39. The Balaban J connectivity index is 1.65. The lowest BCUT2D eigenvalue weighted by atomic mass is 10.1. The van der Waals surface area contributed by atoms with Gasteiger partial charge in [-0.05, 0) is 36.2 Å². The zero-order valence-corrected chi connectivity index (χ0v) is 16.0. The lowest BCUT2D eigenvalue weighted by molar-refractivity contribution is 0.0951. The molecule has 29 heavy (non-hydrogen) atoms. The predicted molar refractivity (Wildman–Crippen MR) is 114 cm³/mol. The molecule has 2 heterocycles. The van der Waals surface area contributed by atoms with Crippen LogP contribution >= 0.6 is 0 Å². The summed E-state index contributed by atoms with van der Waals surface area (Å²) in [6.45, 7) is 2.13. The van der Waals surface area contributed by atoms with Crippen LogP contribution in [0.3, 0.4) is 0 Å².